The molecular weight excluding hydrogens is 308 g/mol. The van der Waals surface area contributed by atoms with Crippen LogP contribution >= 0.6 is 0 Å². The third kappa shape index (κ3) is 3.58. The van der Waals surface area contributed by atoms with Crippen LogP contribution in [0.4, 0.5) is 0 Å². The summed E-state index contributed by atoms with van der Waals surface area (Å²) in [5, 5.41) is 0. The number of ether oxygens (including phenoxy) is 2. The number of hydrogen-bond acceptors (Lipinski definition) is 2. The average Bonchev–Trinajstić information content (AvgIpc) is 2.69. The predicted molar refractivity (Wildman–Crippen MR) is 104 cm³/mol. The minimum atomic E-state index is 0.738. The van der Waals surface area contributed by atoms with E-state index in [1.54, 1.807) is 14.2 Å². The zero-order chi connectivity index (χ0) is 17.6. The van der Waals surface area contributed by atoms with Crippen molar-refractivity contribution in [2.45, 2.75) is 6.92 Å². The Hall–Kier alpha value is -3.00. The molecule has 2 heteroatoms. The standard InChI is InChI=1S/C23H22O2/c1-4-21(18-8-6-5-7-9-18)19-12-10-17(11-13-19)20-14-15-22(24-2)23(16-20)25-3/h4-16H,1-3H3. The minimum absolute atomic E-state index is 0.738. The Morgan fingerprint density at radius 1 is 0.680 bits per heavy atom. The molecule has 0 spiro atoms. The molecule has 2 nitrogen and oxygen atoms in total. The highest BCUT2D eigenvalue weighted by Crippen LogP contribution is 2.33. The molecule has 0 saturated heterocycles. The number of benzene rings is 3. The Morgan fingerprint density at radius 3 is 1.88 bits per heavy atom. The lowest BCUT2D eigenvalue weighted by Crippen LogP contribution is -1.91. The van der Waals surface area contributed by atoms with Crippen LogP contribution in [0.2, 0.25) is 0 Å². The lowest BCUT2D eigenvalue weighted by Gasteiger charge is -2.11. The van der Waals surface area contributed by atoms with Gasteiger partial charge in [0.15, 0.2) is 11.5 Å². The fourth-order valence-corrected chi connectivity index (χ4v) is 2.98. The summed E-state index contributed by atoms with van der Waals surface area (Å²) < 4.78 is 10.7. The number of rotatable bonds is 5. The minimum Gasteiger partial charge on any atom is -0.493 e. The van der Waals surface area contributed by atoms with E-state index in [0.29, 0.717) is 0 Å². The van der Waals surface area contributed by atoms with E-state index in [1.165, 1.54) is 16.7 Å². The summed E-state index contributed by atoms with van der Waals surface area (Å²) in [6.45, 7) is 2.07. The van der Waals surface area contributed by atoms with Crippen LogP contribution in [0.25, 0.3) is 16.7 Å². The molecule has 3 aromatic carbocycles. The van der Waals surface area contributed by atoms with E-state index >= 15 is 0 Å². The zero-order valence-electron chi connectivity index (χ0n) is 14.8. The number of methoxy groups -OCH3 is 2. The van der Waals surface area contributed by atoms with Gasteiger partial charge in [-0.05, 0) is 46.9 Å². The normalized spacial score (nSPS) is 11.2. The van der Waals surface area contributed by atoms with Gasteiger partial charge in [0.2, 0.25) is 0 Å². The van der Waals surface area contributed by atoms with Gasteiger partial charge in [0.25, 0.3) is 0 Å². The third-order valence-electron chi connectivity index (χ3n) is 4.29. The highest BCUT2D eigenvalue weighted by molar-refractivity contribution is 5.81. The summed E-state index contributed by atoms with van der Waals surface area (Å²) >= 11 is 0. The summed E-state index contributed by atoms with van der Waals surface area (Å²) in [4.78, 5) is 0. The molecule has 0 fully saturated rings. The molecule has 0 aliphatic rings. The first-order valence-corrected chi connectivity index (χ1v) is 8.31. The van der Waals surface area contributed by atoms with Gasteiger partial charge in [-0.3, -0.25) is 0 Å². The molecule has 3 aromatic rings. The van der Waals surface area contributed by atoms with Crippen LogP contribution in [0.5, 0.6) is 11.5 Å². The molecule has 0 bridgehead atoms. The molecule has 0 atom stereocenters. The molecule has 0 saturated carbocycles. The van der Waals surface area contributed by atoms with Gasteiger partial charge in [-0.2, -0.15) is 0 Å². The first-order chi connectivity index (χ1) is 12.3. The Labute approximate surface area is 149 Å². The first-order valence-electron chi connectivity index (χ1n) is 8.31. The van der Waals surface area contributed by atoms with Crippen LogP contribution in [0, 0.1) is 0 Å². The summed E-state index contributed by atoms with van der Waals surface area (Å²) in [7, 11) is 3.30. The van der Waals surface area contributed by atoms with Crippen molar-refractivity contribution < 1.29 is 9.47 Å². The van der Waals surface area contributed by atoms with Crippen LogP contribution < -0.4 is 9.47 Å². The Morgan fingerprint density at radius 2 is 1.28 bits per heavy atom. The Bertz CT molecular complexity index is 862. The van der Waals surface area contributed by atoms with Gasteiger partial charge in [0.1, 0.15) is 0 Å². The maximum absolute atomic E-state index is 5.40. The van der Waals surface area contributed by atoms with Crippen LogP contribution in [0.15, 0.2) is 78.9 Å². The van der Waals surface area contributed by atoms with Gasteiger partial charge in [0, 0.05) is 0 Å². The highest BCUT2D eigenvalue weighted by atomic mass is 16.5. The summed E-state index contributed by atoms with van der Waals surface area (Å²) in [6.07, 6.45) is 2.15. The van der Waals surface area contributed by atoms with Gasteiger partial charge in [0.05, 0.1) is 14.2 Å². The summed E-state index contributed by atoms with van der Waals surface area (Å²) in [5.74, 6) is 1.48. The lowest BCUT2D eigenvalue weighted by atomic mass is 9.95. The van der Waals surface area contributed by atoms with Crippen LogP contribution in [0.1, 0.15) is 18.1 Å². The van der Waals surface area contributed by atoms with Gasteiger partial charge in [-0.1, -0.05) is 66.7 Å². The second-order valence-electron chi connectivity index (χ2n) is 5.72. The molecule has 3 rings (SSSR count). The van der Waals surface area contributed by atoms with Gasteiger partial charge >= 0.3 is 0 Å². The SMILES string of the molecule is CC=C(c1ccccc1)c1ccc(-c2ccc(OC)c(OC)c2)cc1. The molecule has 0 unspecified atom stereocenters. The van der Waals surface area contributed by atoms with Crippen molar-refractivity contribution in [1.29, 1.82) is 0 Å². The summed E-state index contributed by atoms with van der Waals surface area (Å²) in [5.41, 5.74) is 5.92. The molecule has 25 heavy (non-hydrogen) atoms. The van der Waals surface area contributed by atoms with E-state index in [2.05, 4.69) is 61.5 Å². The molecule has 0 heterocycles. The fraction of sp³-hybridized carbons (Fsp3) is 0.130. The smallest absolute Gasteiger partial charge is 0.161 e. The molecule has 0 aliphatic heterocycles. The second kappa shape index (κ2) is 7.71. The largest absolute Gasteiger partial charge is 0.493 e. The van der Waals surface area contributed by atoms with E-state index in [-0.39, 0.29) is 0 Å². The van der Waals surface area contributed by atoms with Crippen molar-refractivity contribution in [3.63, 3.8) is 0 Å². The molecule has 0 amide bonds. The monoisotopic (exact) mass is 330 g/mol. The summed E-state index contributed by atoms with van der Waals surface area (Å²) in [6, 6.07) is 25.0. The fourth-order valence-electron chi connectivity index (χ4n) is 2.98. The molecule has 126 valence electrons. The maximum Gasteiger partial charge on any atom is 0.161 e. The highest BCUT2D eigenvalue weighted by Gasteiger charge is 2.08. The molecule has 0 radical (unpaired) electrons. The lowest BCUT2D eigenvalue weighted by molar-refractivity contribution is 0.355. The van der Waals surface area contributed by atoms with Crippen molar-refractivity contribution in [1.82, 2.24) is 0 Å². The van der Waals surface area contributed by atoms with Crippen molar-refractivity contribution in [2.24, 2.45) is 0 Å². The zero-order valence-corrected chi connectivity index (χ0v) is 14.8. The van der Waals surface area contributed by atoms with E-state index < -0.39 is 0 Å². The van der Waals surface area contributed by atoms with Crippen molar-refractivity contribution >= 4 is 5.57 Å². The average molecular weight is 330 g/mol. The van der Waals surface area contributed by atoms with Crippen molar-refractivity contribution in [2.75, 3.05) is 14.2 Å². The molecule has 0 aliphatic carbocycles. The van der Waals surface area contributed by atoms with E-state index in [9.17, 15) is 0 Å². The van der Waals surface area contributed by atoms with Crippen LogP contribution in [-0.2, 0) is 0 Å². The van der Waals surface area contributed by atoms with Crippen LogP contribution in [-0.4, -0.2) is 14.2 Å². The van der Waals surface area contributed by atoms with Crippen molar-refractivity contribution in [3.8, 4) is 22.6 Å². The Kier molecular flexibility index (Phi) is 5.20. The third-order valence-corrected chi connectivity index (χ3v) is 4.29. The van der Waals surface area contributed by atoms with Gasteiger partial charge < -0.3 is 9.47 Å². The molecule has 0 N–H and O–H groups in total. The van der Waals surface area contributed by atoms with E-state index in [4.69, 9.17) is 9.47 Å². The predicted octanol–water partition coefficient (Wildman–Crippen LogP) is 5.82. The first kappa shape index (κ1) is 16.8. The van der Waals surface area contributed by atoms with Gasteiger partial charge in [-0.25, -0.2) is 0 Å². The van der Waals surface area contributed by atoms with Crippen molar-refractivity contribution in [3.05, 3.63) is 90.0 Å². The quantitative estimate of drug-likeness (QED) is 0.586. The molecular formula is C23H22O2. The van der Waals surface area contributed by atoms with Gasteiger partial charge in [-0.15, -0.1) is 0 Å². The number of hydrogen-bond donors (Lipinski definition) is 0. The number of allylic oxidation sites excluding steroid dienone is 1. The van der Waals surface area contributed by atoms with Crippen LogP contribution in [0.3, 0.4) is 0 Å². The maximum atomic E-state index is 5.40. The van der Waals surface area contributed by atoms with E-state index in [0.717, 1.165) is 22.6 Å². The Balaban J connectivity index is 1.92. The second-order valence-corrected chi connectivity index (χ2v) is 5.72. The van der Waals surface area contributed by atoms with E-state index in [1.807, 2.05) is 24.3 Å². The topological polar surface area (TPSA) is 18.5 Å². The molecule has 0 aromatic heterocycles.